The van der Waals surface area contributed by atoms with Gasteiger partial charge in [0.15, 0.2) is 5.69 Å². The first-order valence-corrected chi connectivity index (χ1v) is 7.09. The van der Waals surface area contributed by atoms with Crippen LogP contribution in [-0.4, -0.2) is 9.61 Å². The van der Waals surface area contributed by atoms with Crippen LogP contribution in [-0.2, 0) is 5.41 Å². The Morgan fingerprint density at radius 3 is 2.68 bits per heavy atom. The van der Waals surface area contributed by atoms with Crippen molar-refractivity contribution in [3.8, 4) is 6.07 Å². The lowest BCUT2D eigenvalue weighted by atomic mass is 9.93. The highest BCUT2D eigenvalue weighted by Gasteiger charge is 2.23. The van der Waals surface area contributed by atoms with Crippen LogP contribution in [0.3, 0.4) is 0 Å². The van der Waals surface area contributed by atoms with Gasteiger partial charge >= 0.3 is 0 Å². The van der Waals surface area contributed by atoms with E-state index in [9.17, 15) is 5.26 Å². The molecular weight excluding hydrogens is 253 g/mol. The molecule has 0 amide bonds. The third kappa shape index (κ3) is 1.80. The number of nitriles is 1. The number of hydrogen-bond donors (Lipinski definition) is 0. The van der Waals surface area contributed by atoms with Crippen molar-refractivity contribution in [2.45, 2.75) is 26.2 Å². The first-order chi connectivity index (χ1) is 9.02. The lowest BCUT2D eigenvalue weighted by Crippen LogP contribution is -2.11. The summed E-state index contributed by atoms with van der Waals surface area (Å²) in [5.74, 6) is 0. The number of rotatable bonds is 0. The molecule has 0 aliphatic carbocycles. The number of benzene rings is 1. The highest BCUT2D eigenvalue weighted by atomic mass is 31.0. The molecule has 19 heavy (non-hydrogen) atoms. The Hall–Kier alpha value is -1.91. The van der Waals surface area contributed by atoms with Gasteiger partial charge in [-0.25, -0.2) is 4.52 Å². The van der Waals surface area contributed by atoms with E-state index in [2.05, 4.69) is 44.1 Å². The molecule has 3 aromatic rings. The summed E-state index contributed by atoms with van der Waals surface area (Å²) in [6, 6.07) is 10.5. The molecule has 0 unspecified atom stereocenters. The standard InChI is InChI=1S/C15H14N3P/c1-15(2,3)13-12(8-16)18-14(19-13)11-7-5-4-6-10(11)9-17-18/h4-7,9H,1-3H3. The maximum absolute atomic E-state index is 9.45. The molecule has 2 aromatic heterocycles. The van der Waals surface area contributed by atoms with E-state index in [1.165, 1.54) is 5.39 Å². The number of fused-ring (bicyclic) bond motifs is 3. The van der Waals surface area contributed by atoms with E-state index in [1.807, 2.05) is 18.3 Å². The SMILES string of the molecule is CC(C)(C)c1pc2c3ccccc3cnn2c1C#N. The Morgan fingerprint density at radius 1 is 1.26 bits per heavy atom. The number of nitrogens with zero attached hydrogens (tertiary/aromatic N) is 3. The first-order valence-electron chi connectivity index (χ1n) is 6.19. The normalized spacial score (nSPS) is 12.3. The lowest BCUT2D eigenvalue weighted by molar-refractivity contribution is 0.598. The summed E-state index contributed by atoms with van der Waals surface area (Å²) in [6.45, 7) is 6.42. The molecule has 0 N–H and O–H groups in total. The summed E-state index contributed by atoms with van der Waals surface area (Å²) in [5.41, 5.74) is 0.649. The molecule has 4 heteroatoms. The Labute approximate surface area is 113 Å². The van der Waals surface area contributed by atoms with Gasteiger partial charge in [0, 0.05) is 16.1 Å². The van der Waals surface area contributed by atoms with Gasteiger partial charge in [-0.2, -0.15) is 10.4 Å². The molecule has 0 bridgehead atoms. The number of aromatic nitrogens is 2. The molecule has 0 aliphatic rings. The van der Waals surface area contributed by atoms with Gasteiger partial charge in [-0.1, -0.05) is 45.0 Å². The Bertz CT molecular complexity index is 819. The molecule has 0 saturated carbocycles. The predicted molar refractivity (Wildman–Crippen MR) is 78.6 cm³/mol. The molecule has 3 rings (SSSR count). The highest BCUT2D eigenvalue weighted by Crippen LogP contribution is 2.39. The number of hydrogen-bond acceptors (Lipinski definition) is 2. The topological polar surface area (TPSA) is 41.1 Å². The van der Waals surface area contributed by atoms with E-state index in [4.69, 9.17) is 0 Å². The zero-order valence-electron chi connectivity index (χ0n) is 11.2. The summed E-state index contributed by atoms with van der Waals surface area (Å²) in [5, 5.41) is 18.4. The van der Waals surface area contributed by atoms with Crippen LogP contribution < -0.4 is 0 Å². The third-order valence-corrected chi connectivity index (χ3v) is 4.93. The minimum absolute atomic E-state index is 0.0264. The van der Waals surface area contributed by atoms with Crippen molar-refractivity contribution >= 4 is 24.2 Å². The molecule has 0 radical (unpaired) electrons. The van der Waals surface area contributed by atoms with E-state index >= 15 is 0 Å². The molecule has 1 aromatic carbocycles. The maximum atomic E-state index is 9.45. The predicted octanol–water partition coefficient (Wildman–Crippen LogP) is 4.24. The van der Waals surface area contributed by atoms with Gasteiger partial charge in [-0.05, 0) is 13.6 Å². The van der Waals surface area contributed by atoms with Gasteiger partial charge < -0.3 is 0 Å². The fourth-order valence-electron chi connectivity index (χ4n) is 2.26. The van der Waals surface area contributed by atoms with Crippen LogP contribution in [0.2, 0.25) is 0 Å². The molecule has 0 spiro atoms. The molecule has 3 nitrogen and oxygen atoms in total. The lowest BCUT2D eigenvalue weighted by Gasteiger charge is -2.15. The fourth-order valence-corrected chi connectivity index (χ4v) is 3.62. The second-order valence-electron chi connectivity index (χ2n) is 5.64. The highest BCUT2D eigenvalue weighted by molar-refractivity contribution is 7.37. The van der Waals surface area contributed by atoms with Gasteiger partial charge in [-0.3, -0.25) is 0 Å². The van der Waals surface area contributed by atoms with E-state index in [0.29, 0.717) is 5.69 Å². The molecular formula is C15H14N3P. The molecule has 0 aliphatic heterocycles. The zero-order chi connectivity index (χ0) is 13.6. The third-order valence-electron chi connectivity index (χ3n) is 3.18. The van der Waals surface area contributed by atoms with Gasteiger partial charge in [-0.15, -0.1) is 0 Å². The minimum atomic E-state index is -0.0264. The zero-order valence-corrected chi connectivity index (χ0v) is 12.1. The van der Waals surface area contributed by atoms with E-state index < -0.39 is 0 Å². The van der Waals surface area contributed by atoms with Gasteiger partial charge in [0.1, 0.15) is 11.3 Å². The van der Waals surface area contributed by atoms with Crippen molar-refractivity contribution < 1.29 is 0 Å². The van der Waals surface area contributed by atoms with Crippen molar-refractivity contribution in [3.05, 3.63) is 41.5 Å². The van der Waals surface area contributed by atoms with Crippen molar-refractivity contribution in [3.63, 3.8) is 0 Å². The average Bonchev–Trinajstić information content (AvgIpc) is 2.77. The minimum Gasteiger partial charge on any atom is -0.217 e. The summed E-state index contributed by atoms with van der Waals surface area (Å²) in [6.07, 6.45) is 1.83. The summed E-state index contributed by atoms with van der Waals surface area (Å²) in [4.78, 5) is 0. The van der Waals surface area contributed by atoms with Gasteiger partial charge in [0.05, 0.1) is 6.20 Å². The van der Waals surface area contributed by atoms with Gasteiger partial charge in [0.25, 0.3) is 0 Å². The molecule has 2 heterocycles. The largest absolute Gasteiger partial charge is 0.217 e. The monoisotopic (exact) mass is 267 g/mol. The maximum Gasteiger partial charge on any atom is 0.151 e. The van der Waals surface area contributed by atoms with Crippen LogP contribution in [0.5, 0.6) is 0 Å². The fraction of sp³-hybridized carbons (Fsp3) is 0.267. The second kappa shape index (κ2) is 4.05. The van der Waals surface area contributed by atoms with Crippen molar-refractivity contribution in [2.24, 2.45) is 0 Å². The van der Waals surface area contributed by atoms with Crippen LogP contribution in [0.1, 0.15) is 31.8 Å². The van der Waals surface area contributed by atoms with Crippen LogP contribution >= 0.6 is 8.19 Å². The van der Waals surface area contributed by atoms with Crippen LogP contribution in [0.25, 0.3) is 16.0 Å². The van der Waals surface area contributed by atoms with E-state index in [0.717, 1.165) is 24.1 Å². The summed E-state index contributed by atoms with van der Waals surface area (Å²) >= 11 is 0. The van der Waals surface area contributed by atoms with Crippen LogP contribution in [0.15, 0.2) is 30.5 Å². The van der Waals surface area contributed by atoms with E-state index in [1.54, 1.807) is 4.52 Å². The average molecular weight is 267 g/mol. The quantitative estimate of drug-likeness (QED) is 0.611. The van der Waals surface area contributed by atoms with Gasteiger partial charge in [0.2, 0.25) is 0 Å². The van der Waals surface area contributed by atoms with Crippen LogP contribution in [0.4, 0.5) is 0 Å². The molecule has 94 valence electrons. The van der Waals surface area contributed by atoms with Crippen molar-refractivity contribution in [1.29, 1.82) is 5.26 Å². The Kier molecular flexibility index (Phi) is 2.59. The Morgan fingerprint density at radius 2 is 2.00 bits per heavy atom. The molecule has 0 saturated heterocycles. The molecule has 0 fully saturated rings. The second-order valence-corrected chi connectivity index (χ2v) is 6.73. The summed E-state index contributed by atoms with van der Waals surface area (Å²) in [7, 11) is 1.09. The first kappa shape index (κ1) is 12.1. The van der Waals surface area contributed by atoms with Crippen LogP contribution in [0, 0.1) is 11.3 Å². The summed E-state index contributed by atoms with van der Waals surface area (Å²) < 4.78 is 1.80. The Balaban J connectivity index is 2.50. The van der Waals surface area contributed by atoms with Crippen molar-refractivity contribution in [2.75, 3.05) is 0 Å². The van der Waals surface area contributed by atoms with E-state index in [-0.39, 0.29) is 5.41 Å². The smallest absolute Gasteiger partial charge is 0.151 e. The molecule has 0 atom stereocenters. The van der Waals surface area contributed by atoms with Crippen molar-refractivity contribution in [1.82, 2.24) is 9.61 Å².